The molecule has 0 aliphatic heterocycles. The molecule has 0 fully saturated rings. The molecule has 0 radical (unpaired) electrons. The zero-order chi connectivity index (χ0) is 13.4. The first kappa shape index (κ1) is 14.7. The standard InChI is InChI=1S/C11H19N3O3S/c1-2-7-13-18(15,16)14-8-9-17-11-5-3-10(12)4-6-11/h3-6,13-14H,2,7-9,12H2,1H3. The third-order valence-electron chi connectivity index (χ3n) is 2.09. The van der Waals surface area contributed by atoms with Crippen molar-refractivity contribution in [2.24, 2.45) is 0 Å². The molecule has 6 nitrogen and oxygen atoms in total. The number of benzene rings is 1. The number of nitrogens with two attached hydrogens (primary N) is 1. The Bertz CT molecular complexity index is 445. The molecule has 0 bridgehead atoms. The number of ether oxygens (including phenoxy) is 1. The van der Waals surface area contributed by atoms with Gasteiger partial charge in [0.15, 0.2) is 0 Å². The van der Waals surface area contributed by atoms with E-state index in [0.717, 1.165) is 6.42 Å². The van der Waals surface area contributed by atoms with E-state index in [4.69, 9.17) is 10.5 Å². The summed E-state index contributed by atoms with van der Waals surface area (Å²) in [4.78, 5) is 0. The molecule has 18 heavy (non-hydrogen) atoms. The van der Waals surface area contributed by atoms with Gasteiger partial charge in [-0.15, -0.1) is 0 Å². The minimum atomic E-state index is -3.40. The molecule has 0 atom stereocenters. The Balaban J connectivity index is 2.24. The SMILES string of the molecule is CCCNS(=O)(=O)NCCOc1ccc(N)cc1. The highest BCUT2D eigenvalue weighted by Gasteiger charge is 2.06. The van der Waals surface area contributed by atoms with Crippen LogP contribution in [0.2, 0.25) is 0 Å². The molecule has 0 aliphatic rings. The van der Waals surface area contributed by atoms with Crippen molar-refractivity contribution >= 4 is 15.9 Å². The van der Waals surface area contributed by atoms with Crippen LogP contribution in [0.1, 0.15) is 13.3 Å². The number of nitrogens with one attached hydrogen (secondary N) is 2. The Morgan fingerprint density at radius 3 is 2.39 bits per heavy atom. The van der Waals surface area contributed by atoms with Gasteiger partial charge < -0.3 is 10.5 Å². The predicted octanol–water partition coefficient (Wildman–Crippen LogP) is 0.482. The summed E-state index contributed by atoms with van der Waals surface area (Å²) < 4.78 is 32.8. The van der Waals surface area contributed by atoms with Crippen LogP contribution < -0.4 is 19.9 Å². The van der Waals surface area contributed by atoms with E-state index in [1.54, 1.807) is 24.3 Å². The molecule has 7 heteroatoms. The van der Waals surface area contributed by atoms with Crippen molar-refractivity contribution in [2.75, 3.05) is 25.4 Å². The number of anilines is 1. The van der Waals surface area contributed by atoms with Crippen molar-refractivity contribution in [3.63, 3.8) is 0 Å². The summed E-state index contributed by atoms with van der Waals surface area (Å²) >= 11 is 0. The molecule has 4 N–H and O–H groups in total. The lowest BCUT2D eigenvalue weighted by atomic mass is 10.3. The van der Waals surface area contributed by atoms with Crippen molar-refractivity contribution in [1.29, 1.82) is 0 Å². The minimum absolute atomic E-state index is 0.212. The molecule has 0 spiro atoms. The summed E-state index contributed by atoms with van der Waals surface area (Å²) in [7, 11) is -3.40. The molecule has 1 rings (SSSR count). The van der Waals surface area contributed by atoms with Crippen LogP contribution in [0.3, 0.4) is 0 Å². The molecule has 1 aromatic rings. The van der Waals surface area contributed by atoms with Gasteiger partial charge in [-0.25, -0.2) is 4.72 Å². The number of nitrogen functional groups attached to an aromatic ring is 1. The third-order valence-corrected chi connectivity index (χ3v) is 3.25. The lowest BCUT2D eigenvalue weighted by Gasteiger charge is -2.09. The highest BCUT2D eigenvalue weighted by atomic mass is 32.2. The average Bonchev–Trinajstić information content (AvgIpc) is 2.34. The van der Waals surface area contributed by atoms with E-state index in [9.17, 15) is 8.42 Å². The van der Waals surface area contributed by atoms with Gasteiger partial charge in [-0.3, -0.25) is 0 Å². The van der Waals surface area contributed by atoms with Gasteiger partial charge in [0.1, 0.15) is 12.4 Å². The van der Waals surface area contributed by atoms with Crippen LogP contribution in [0.5, 0.6) is 5.75 Å². The summed E-state index contributed by atoms with van der Waals surface area (Å²) in [6.45, 7) is 2.79. The van der Waals surface area contributed by atoms with Crippen molar-refractivity contribution in [3.8, 4) is 5.75 Å². The molecule has 0 amide bonds. The van der Waals surface area contributed by atoms with Gasteiger partial charge in [0.25, 0.3) is 10.2 Å². The number of hydrogen-bond donors (Lipinski definition) is 3. The lowest BCUT2D eigenvalue weighted by Crippen LogP contribution is -2.38. The Morgan fingerprint density at radius 1 is 1.17 bits per heavy atom. The van der Waals surface area contributed by atoms with E-state index in [1.807, 2.05) is 6.92 Å². The van der Waals surface area contributed by atoms with Crippen LogP contribution in [0, 0.1) is 0 Å². The number of rotatable bonds is 8. The van der Waals surface area contributed by atoms with Crippen LogP contribution >= 0.6 is 0 Å². The van der Waals surface area contributed by atoms with E-state index < -0.39 is 10.2 Å². The maximum atomic E-state index is 11.4. The quantitative estimate of drug-likeness (QED) is 0.474. The van der Waals surface area contributed by atoms with E-state index in [-0.39, 0.29) is 13.2 Å². The first-order chi connectivity index (χ1) is 8.53. The molecule has 0 unspecified atom stereocenters. The zero-order valence-electron chi connectivity index (χ0n) is 10.3. The molecule has 102 valence electrons. The van der Waals surface area contributed by atoms with Crippen molar-refractivity contribution in [2.45, 2.75) is 13.3 Å². The predicted molar refractivity (Wildman–Crippen MR) is 71.6 cm³/mol. The molecule has 0 saturated carbocycles. The number of hydrogen-bond acceptors (Lipinski definition) is 4. The summed E-state index contributed by atoms with van der Waals surface area (Å²) in [6.07, 6.45) is 0.753. The van der Waals surface area contributed by atoms with E-state index in [2.05, 4.69) is 9.44 Å². The highest BCUT2D eigenvalue weighted by molar-refractivity contribution is 7.87. The zero-order valence-corrected chi connectivity index (χ0v) is 11.2. The van der Waals surface area contributed by atoms with Gasteiger partial charge in [-0.2, -0.15) is 13.1 Å². The Kier molecular flexibility index (Phi) is 5.90. The van der Waals surface area contributed by atoms with Gasteiger partial charge in [-0.05, 0) is 30.7 Å². The Hall–Kier alpha value is -1.31. The highest BCUT2D eigenvalue weighted by Crippen LogP contribution is 2.12. The smallest absolute Gasteiger partial charge is 0.277 e. The Labute approximate surface area is 108 Å². The lowest BCUT2D eigenvalue weighted by molar-refractivity contribution is 0.322. The summed E-state index contributed by atoms with van der Waals surface area (Å²) in [5.74, 6) is 0.657. The van der Waals surface area contributed by atoms with Crippen molar-refractivity contribution < 1.29 is 13.2 Å². The van der Waals surface area contributed by atoms with E-state index in [0.29, 0.717) is 18.0 Å². The third kappa shape index (κ3) is 5.85. The summed E-state index contributed by atoms with van der Waals surface area (Å²) in [6, 6.07) is 6.92. The maximum absolute atomic E-state index is 11.4. The van der Waals surface area contributed by atoms with Crippen LogP contribution in [0.25, 0.3) is 0 Å². The van der Waals surface area contributed by atoms with Gasteiger partial charge in [0, 0.05) is 18.8 Å². The second kappa shape index (κ2) is 7.20. The van der Waals surface area contributed by atoms with Crippen LogP contribution in [0.4, 0.5) is 5.69 Å². The largest absolute Gasteiger partial charge is 0.492 e. The van der Waals surface area contributed by atoms with Gasteiger partial charge >= 0.3 is 0 Å². The molecular weight excluding hydrogens is 254 g/mol. The molecule has 0 saturated heterocycles. The van der Waals surface area contributed by atoms with Crippen LogP contribution in [-0.4, -0.2) is 28.1 Å². The van der Waals surface area contributed by atoms with Gasteiger partial charge in [0.2, 0.25) is 0 Å². The fourth-order valence-corrected chi connectivity index (χ4v) is 2.12. The normalized spacial score (nSPS) is 11.4. The topological polar surface area (TPSA) is 93.5 Å². The maximum Gasteiger partial charge on any atom is 0.277 e. The first-order valence-corrected chi connectivity index (χ1v) is 7.24. The molecule has 0 aromatic heterocycles. The van der Waals surface area contributed by atoms with E-state index >= 15 is 0 Å². The molecule has 0 aliphatic carbocycles. The summed E-state index contributed by atoms with van der Waals surface area (Å²) in [5.41, 5.74) is 6.19. The first-order valence-electron chi connectivity index (χ1n) is 5.76. The molecule has 0 heterocycles. The van der Waals surface area contributed by atoms with Crippen LogP contribution in [-0.2, 0) is 10.2 Å². The van der Waals surface area contributed by atoms with Gasteiger partial charge in [-0.1, -0.05) is 6.92 Å². The monoisotopic (exact) mass is 273 g/mol. The fraction of sp³-hybridized carbons (Fsp3) is 0.455. The van der Waals surface area contributed by atoms with E-state index in [1.165, 1.54) is 0 Å². The minimum Gasteiger partial charge on any atom is -0.492 e. The molecular formula is C11H19N3O3S. The fourth-order valence-electron chi connectivity index (χ4n) is 1.20. The Morgan fingerprint density at radius 2 is 1.78 bits per heavy atom. The van der Waals surface area contributed by atoms with Crippen LogP contribution in [0.15, 0.2) is 24.3 Å². The average molecular weight is 273 g/mol. The van der Waals surface area contributed by atoms with Gasteiger partial charge in [0.05, 0.1) is 0 Å². The second-order valence-corrected chi connectivity index (χ2v) is 5.29. The second-order valence-electron chi connectivity index (χ2n) is 3.71. The summed E-state index contributed by atoms with van der Waals surface area (Å²) in [5, 5.41) is 0. The van der Waals surface area contributed by atoms with Crippen molar-refractivity contribution in [3.05, 3.63) is 24.3 Å². The molecule has 1 aromatic carbocycles. The van der Waals surface area contributed by atoms with Crippen molar-refractivity contribution in [1.82, 2.24) is 9.44 Å².